The number of rotatable bonds is 15. The Morgan fingerprint density at radius 2 is 0.942 bits per heavy atom. The van der Waals surface area contributed by atoms with Crippen LogP contribution < -0.4 is 50.8 Å². The highest BCUT2D eigenvalue weighted by Crippen LogP contribution is 2.39. The van der Waals surface area contributed by atoms with Crippen LogP contribution in [-0.4, -0.2) is 30.3 Å². The molecule has 0 aliphatic heterocycles. The van der Waals surface area contributed by atoms with Gasteiger partial charge >= 0.3 is 0 Å². The van der Waals surface area contributed by atoms with E-state index in [1.54, 1.807) is 48.7 Å². The van der Waals surface area contributed by atoms with Crippen molar-refractivity contribution in [3.05, 3.63) is 368 Å². The number of benzene rings is 13. The van der Waals surface area contributed by atoms with Gasteiger partial charge in [-0.3, -0.25) is 13.7 Å². The van der Waals surface area contributed by atoms with Crippen LogP contribution in [0.1, 0.15) is 135 Å². The topological polar surface area (TPSA) is 35.9 Å². The largest absolute Gasteiger partial charge is 0.458 e. The fraction of sp³-hybridized carbons (Fsp3) is 0.134. The molecule has 0 saturated carbocycles. The Morgan fingerprint density at radius 1 is 0.413 bits per heavy atom. The first-order valence-electron chi connectivity index (χ1n) is 51.9. The van der Waals surface area contributed by atoms with E-state index in [0.717, 1.165) is 49.7 Å². The quantitative estimate of drug-likeness (QED) is 0.0444. The lowest BCUT2D eigenvalue weighted by Crippen LogP contribution is -2.76. The monoisotopic (exact) mass is 1420 g/mol. The molecule has 13 aromatic carbocycles. The highest BCUT2D eigenvalue weighted by Gasteiger charge is 2.45. The summed E-state index contributed by atoms with van der Waals surface area (Å²) in [5, 5.41) is -8.48. The molecule has 0 fully saturated rings. The van der Waals surface area contributed by atoms with Crippen molar-refractivity contribution in [2.75, 3.05) is 0 Å². The number of nitrogens with zero attached hydrogens (tertiary/aromatic N) is 4. The Hall–Kier alpha value is -11.5. The first-order valence-corrected chi connectivity index (χ1v) is 37.4. The van der Waals surface area contributed by atoms with Gasteiger partial charge in [-0.1, -0.05) is 340 Å². The maximum Gasteiger partial charge on any atom is 0.269 e. The van der Waals surface area contributed by atoms with Crippen molar-refractivity contribution in [1.82, 2.24) is 14.1 Å². The van der Waals surface area contributed by atoms with Crippen molar-refractivity contribution >= 4 is 90.5 Å². The van der Waals surface area contributed by atoms with Crippen molar-refractivity contribution in [2.45, 2.75) is 85.4 Å². The third kappa shape index (κ3) is 12.0. The fourth-order valence-corrected chi connectivity index (χ4v) is 21.2. The molecule has 0 unspecified atom stereocenters. The van der Waals surface area contributed by atoms with Crippen LogP contribution in [0, 0.1) is 13.2 Å². The number of hydrogen-bond acceptors (Lipinski definition) is 2. The second-order valence-corrected chi connectivity index (χ2v) is 35.3. The molecule has 0 radical (unpaired) electrons. The molecule has 16 aromatic rings. The van der Waals surface area contributed by atoms with Crippen LogP contribution in [0.5, 0.6) is 11.5 Å². The number of hydrogen-bond donors (Lipinski definition) is 0. The number of aromatic nitrogens is 4. The molecule has 0 bridgehead atoms. The van der Waals surface area contributed by atoms with Gasteiger partial charge in [-0.2, -0.15) is 0 Å². The van der Waals surface area contributed by atoms with E-state index in [1.165, 1.54) is 10.6 Å². The molecule has 16 rings (SSSR count). The van der Waals surface area contributed by atoms with Gasteiger partial charge in [-0.05, 0) is 158 Å². The van der Waals surface area contributed by atoms with E-state index in [-0.39, 0.29) is 33.6 Å². The van der Waals surface area contributed by atoms with Gasteiger partial charge < -0.3 is 4.74 Å². The van der Waals surface area contributed by atoms with E-state index in [2.05, 4.69) is 33.2 Å². The summed E-state index contributed by atoms with van der Waals surface area (Å²) in [4.78, 5) is 4.87. The second-order valence-electron chi connectivity index (χ2n) is 28.2. The van der Waals surface area contributed by atoms with Crippen molar-refractivity contribution < 1.29 is 60.0 Å². The zero-order valence-electron chi connectivity index (χ0n) is 94.9. The van der Waals surface area contributed by atoms with Gasteiger partial charge in [-0.15, -0.1) is 0 Å². The fourth-order valence-electron chi connectivity index (χ4n) is 13.6. The van der Waals surface area contributed by atoms with E-state index >= 15 is 0 Å². The standard InChI is InChI=1S/C97H86N4OSi2/c1-68-57-87(70-33-31-48-84(61-70)103(78-36-17-11-18-37-78,79-38-19-12-20-39-79)80-40-21-13-22-41-80)94(92(58-68)104(81-42-23-14-24-43-81,82-44-25-15-26-45-82)83-46-27-16-28-47-83)100-67-99(91-62-69(51-54-89(91)100)71-59-73(96(5,6)7)63-74(60-71)97(8,9)10)75-34-32-35-76(65-75)102-77-52-53-86-85-49-29-30-50-88(85)101(90(86)66-77)93-64-72(55-56-98-93)95(2,3)4/h11-66H,1-10H3/i1D3,11D,12D,13D,14D,15D,16D,17D,18D,19D,20D,21D,22D,23D,24D,25D,26D,27D,28D,31D,33D,36D,37D,38D,39D,40D,41D,42D,43D,44D,45D,46D,47D,48D,61D. The van der Waals surface area contributed by atoms with Crippen molar-refractivity contribution in [3.63, 3.8) is 0 Å². The molecule has 0 aliphatic rings. The second kappa shape index (κ2) is 26.7. The molecule has 0 spiro atoms. The lowest BCUT2D eigenvalue weighted by Gasteiger charge is -2.37. The molecule has 0 atom stereocenters. The average molecular weight is 1420 g/mol. The van der Waals surface area contributed by atoms with Gasteiger partial charge in [-0.25, -0.2) is 4.98 Å². The molecule has 0 aliphatic carbocycles. The van der Waals surface area contributed by atoms with Crippen LogP contribution in [0.15, 0.2) is 339 Å². The van der Waals surface area contributed by atoms with Gasteiger partial charge in [0.05, 0.1) is 80.0 Å². The number of ether oxygens (including phenoxy) is 1. The highest BCUT2D eigenvalue weighted by molar-refractivity contribution is 7.21. The molecule has 3 heterocycles. The number of pyridine rings is 1. The highest BCUT2D eigenvalue weighted by atomic mass is 28.3. The van der Waals surface area contributed by atoms with Gasteiger partial charge in [0.15, 0.2) is 16.1 Å². The molecular formula is C97H86N4OSi2. The molecular weight excluding hydrogens is 1290 g/mol. The molecule has 7 heteroatoms. The van der Waals surface area contributed by atoms with Crippen LogP contribution in [0.25, 0.3) is 72.3 Å². The maximum absolute atomic E-state index is 11.6. The summed E-state index contributed by atoms with van der Waals surface area (Å²) in [5.74, 6) is 0.947. The Morgan fingerprint density at radius 3 is 1.50 bits per heavy atom. The summed E-state index contributed by atoms with van der Waals surface area (Å²) in [6.07, 6.45) is 5.11. The number of para-hydroxylation sites is 1. The minimum Gasteiger partial charge on any atom is -0.458 e. The molecule has 3 aromatic heterocycles. The average Bonchev–Trinajstić information content (AvgIpc) is 1.12. The summed E-state index contributed by atoms with van der Waals surface area (Å²) in [6, 6.07) is -10.3. The normalized spacial score (nSPS) is 17.5. The molecule has 0 N–H and O–H groups in total. The molecule has 0 saturated heterocycles. The van der Waals surface area contributed by atoms with Gasteiger partial charge in [0.1, 0.15) is 17.3 Å². The molecule has 508 valence electrons. The Kier molecular flexibility index (Phi) is 9.53. The van der Waals surface area contributed by atoms with Crippen molar-refractivity contribution in [2.24, 2.45) is 0 Å². The van der Waals surface area contributed by atoms with Gasteiger partial charge in [0.2, 0.25) is 0 Å². The number of fused-ring (bicyclic) bond motifs is 4. The molecule has 104 heavy (non-hydrogen) atoms. The number of imidazole rings is 1. The summed E-state index contributed by atoms with van der Waals surface area (Å²) in [6.45, 7) is 14.5. The zero-order chi connectivity index (χ0) is 104. The Labute approximate surface area is 666 Å². The van der Waals surface area contributed by atoms with Crippen molar-refractivity contribution in [1.29, 1.82) is 0 Å². The lowest BCUT2D eigenvalue weighted by molar-refractivity contribution is -0.570. The minimum atomic E-state index is -7.03. The van der Waals surface area contributed by atoms with Crippen LogP contribution >= 0.6 is 0 Å². The van der Waals surface area contributed by atoms with E-state index in [1.807, 2.05) is 107 Å². The maximum atomic E-state index is 11.6. The minimum absolute atomic E-state index is 0.00732. The van der Waals surface area contributed by atoms with Gasteiger partial charge in [0, 0.05) is 27.1 Å². The first-order chi connectivity index (χ1) is 65.7. The summed E-state index contributed by atoms with van der Waals surface area (Å²) in [5.41, 5.74) is -0.918. The van der Waals surface area contributed by atoms with Crippen LogP contribution in [0.3, 0.4) is 0 Å². The van der Waals surface area contributed by atoms with Crippen molar-refractivity contribution in [3.8, 4) is 50.9 Å². The number of aryl methyl sites for hydroxylation is 1. The molecule has 0 amide bonds. The summed E-state index contributed by atoms with van der Waals surface area (Å²) < 4.78 is 378. The summed E-state index contributed by atoms with van der Waals surface area (Å²) in [7, 11) is -14.0. The van der Waals surface area contributed by atoms with Crippen LogP contribution in [0.2, 0.25) is 0 Å². The van der Waals surface area contributed by atoms with E-state index in [4.69, 9.17) is 13.8 Å². The lowest BCUT2D eigenvalue weighted by atomic mass is 9.79. The SMILES string of the molecule is [2H]c1c([2H])c([2H])c([Si](c2cc(C([2H])([2H])[2H])cc(-c3c([2H])c([2H])c([2H])c([Si](c4c([2H])c([2H])c([2H])c([2H])c4[2H])(c4c([2H])c([2H])c([2H])c([2H])c4[2H])c4c([2H])c([2H])c([2H])c([2H])c4[2H])c3[2H])c2-[n+]2[c-]n(-c3cccc(Oc4ccc5c6ccccc6n(-c6cc(C(C)(C)C)ccn6)c5c4)c3)c3cc(-c4cc(C(C)(C)C)cc(C(C)(C)C)c4)ccc32)(c2c([2H])c([2H])c([2H])c([2H])c2[2H])c2c([2H])c([2H])c([2H])c([2H])c2[2H])c([2H])c1[2H]. The Bertz CT molecular complexity index is 7610. The van der Waals surface area contributed by atoms with Crippen LogP contribution in [-0.2, 0) is 16.2 Å². The summed E-state index contributed by atoms with van der Waals surface area (Å²) >= 11 is 0. The predicted octanol–water partition coefficient (Wildman–Crippen LogP) is 18.3. The van der Waals surface area contributed by atoms with E-state index in [0.29, 0.717) is 22.5 Å². The smallest absolute Gasteiger partial charge is 0.269 e. The Balaban J connectivity index is 1.20. The first kappa shape index (κ1) is 37.1. The van der Waals surface area contributed by atoms with Gasteiger partial charge in [0.25, 0.3) is 6.33 Å². The van der Waals surface area contributed by atoms with E-state index < -0.39 is 303 Å². The van der Waals surface area contributed by atoms with Crippen LogP contribution in [0.4, 0.5) is 0 Å². The predicted molar refractivity (Wildman–Crippen MR) is 441 cm³/mol. The third-order valence-electron chi connectivity index (χ3n) is 18.7. The molecule has 5 nitrogen and oxygen atoms in total. The van der Waals surface area contributed by atoms with E-state index in [9.17, 15) is 46.6 Å². The zero-order valence-corrected chi connectivity index (χ0v) is 59.9. The third-order valence-corrected chi connectivity index (χ3v) is 26.9.